The van der Waals surface area contributed by atoms with Crippen LogP contribution in [-0.4, -0.2) is 19.4 Å². The summed E-state index contributed by atoms with van der Waals surface area (Å²) in [6.07, 6.45) is 3.44. The fourth-order valence-electron chi connectivity index (χ4n) is 2.10. The highest BCUT2D eigenvalue weighted by Gasteiger charge is 2.31. The van der Waals surface area contributed by atoms with Crippen LogP contribution in [0.2, 0.25) is 5.02 Å². The van der Waals surface area contributed by atoms with Crippen LogP contribution in [0.1, 0.15) is 30.1 Å². The highest BCUT2D eigenvalue weighted by molar-refractivity contribution is 6.33. The molecule has 1 aliphatic rings. The lowest BCUT2D eigenvalue weighted by Gasteiger charge is -2.29. The predicted octanol–water partition coefficient (Wildman–Crippen LogP) is 3.39. The van der Waals surface area contributed by atoms with Gasteiger partial charge < -0.3 is 4.90 Å². The van der Waals surface area contributed by atoms with E-state index >= 15 is 0 Å². The molecule has 1 aliphatic carbocycles. The first-order valence-corrected chi connectivity index (χ1v) is 5.99. The SMILES string of the molecule is CC(C1CC1)N(C)c1c(Cl)cccc1C=O. The van der Waals surface area contributed by atoms with Gasteiger partial charge in [0.05, 0.1) is 10.7 Å². The number of carbonyl (C=O) groups is 1. The third-order valence-corrected chi connectivity index (χ3v) is 3.72. The molecular formula is C13H16ClNO. The Balaban J connectivity index is 2.33. The van der Waals surface area contributed by atoms with E-state index in [-0.39, 0.29) is 0 Å². The van der Waals surface area contributed by atoms with Crippen LogP contribution in [0.4, 0.5) is 5.69 Å². The Morgan fingerprint density at radius 3 is 2.75 bits per heavy atom. The number of para-hydroxylation sites is 1. The van der Waals surface area contributed by atoms with Crippen molar-refractivity contribution in [1.29, 1.82) is 0 Å². The van der Waals surface area contributed by atoms with Crippen LogP contribution >= 0.6 is 11.6 Å². The average molecular weight is 238 g/mol. The zero-order valence-electron chi connectivity index (χ0n) is 9.61. The first kappa shape index (κ1) is 11.5. The van der Waals surface area contributed by atoms with E-state index in [0.717, 1.165) is 17.9 Å². The normalized spacial score (nSPS) is 16.9. The van der Waals surface area contributed by atoms with Crippen molar-refractivity contribution in [3.8, 4) is 0 Å². The second-order valence-corrected chi connectivity index (χ2v) is 4.89. The molecule has 0 amide bonds. The van der Waals surface area contributed by atoms with Crippen molar-refractivity contribution in [1.82, 2.24) is 0 Å². The molecular weight excluding hydrogens is 222 g/mol. The number of carbonyl (C=O) groups excluding carboxylic acids is 1. The number of halogens is 1. The molecule has 1 fully saturated rings. The molecule has 1 atom stereocenters. The lowest BCUT2D eigenvalue weighted by molar-refractivity contribution is 0.112. The monoisotopic (exact) mass is 237 g/mol. The zero-order valence-corrected chi connectivity index (χ0v) is 10.4. The summed E-state index contributed by atoms with van der Waals surface area (Å²) in [5.74, 6) is 0.751. The van der Waals surface area contributed by atoms with Gasteiger partial charge in [-0.2, -0.15) is 0 Å². The summed E-state index contributed by atoms with van der Waals surface area (Å²) < 4.78 is 0. The van der Waals surface area contributed by atoms with E-state index in [9.17, 15) is 4.79 Å². The molecule has 0 aliphatic heterocycles. The van der Waals surface area contributed by atoms with Gasteiger partial charge in [-0.15, -0.1) is 0 Å². The van der Waals surface area contributed by atoms with Crippen LogP contribution in [0.5, 0.6) is 0 Å². The first-order valence-electron chi connectivity index (χ1n) is 5.61. The lowest BCUT2D eigenvalue weighted by Crippen LogP contribution is -2.31. The van der Waals surface area contributed by atoms with E-state index in [1.807, 2.05) is 25.2 Å². The molecule has 1 aromatic rings. The first-order chi connectivity index (χ1) is 7.65. The second kappa shape index (κ2) is 4.46. The second-order valence-electron chi connectivity index (χ2n) is 4.48. The molecule has 3 heteroatoms. The molecule has 0 heterocycles. The smallest absolute Gasteiger partial charge is 0.152 e. The van der Waals surface area contributed by atoms with E-state index in [2.05, 4.69) is 11.8 Å². The molecule has 0 spiro atoms. The van der Waals surface area contributed by atoms with Crippen LogP contribution in [0.25, 0.3) is 0 Å². The highest BCUT2D eigenvalue weighted by atomic mass is 35.5. The standard InChI is InChI=1S/C13H16ClNO/c1-9(10-6-7-10)15(2)13-11(8-16)4-3-5-12(13)14/h3-5,8-10H,6-7H2,1-2H3. The molecule has 0 saturated heterocycles. The van der Waals surface area contributed by atoms with Crippen molar-refractivity contribution in [3.05, 3.63) is 28.8 Å². The van der Waals surface area contributed by atoms with E-state index in [1.165, 1.54) is 12.8 Å². The molecule has 2 rings (SSSR count). The number of hydrogen-bond acceptors (Lipinski definition) is 2. The van der Waals surface area contributed by atoms with Gasteiger partial charge in [0, 0.05) is 18.7 Å². The largest absolute Gasteiger partial charge is 0.370 e. The highest BCUT2D eigenvalue weighted by Crippen LogP contribution is 2.38. The molecule has 86 valence electrons. The topological polar surface area (TPSA) is 20.3 Å². The Bertz CT molecular complexity index is 401. The Morgan fingerprint density at radius 1 is 1.50 bits per heavy atom. The van der Waals surface area contributed by atoms with Gasteiger partial charge in [0.15, 0.2) is 6.29 Å². The lowest BCUT2D eigenvalue weighted by atomic mass is 10.1. The van der Waals surface area contributed by atoms with Crippen LogP contribution < -0.4 is 4.90 Å². The Morgan fingerprint density at radius 2 is 2.19 bits per heavy atom. The summed E-state index contributed by atoms with van der Waals surface area (Å²) in [5, 5.41) is 0.652. The average Bonchev–Trinajstić information content (AvgIpc) is 3.10. The molecule has 0 bridgehead atoms. The molecule has 0 N–H and O–H groups in total. The van der Waals surface area contributed by atoms with Gasteiger partial charge in [-0.3, -0.25) is 4.79 Å². The Kier molecular flexibility index (Phi) is 3.20. The van der Waals surface area contributed by atoms with Crippen molar-refractivity contribution in [2.45, 2.75) is 25.8 Å². The fourth-order valence-corrected chi connectivity index (χ4v) is 2.41. The van der Waals surface area contributed by atoms with Crippen LogP contribution in [0.3, 0.4) is 0 Å². The van der Waals surface area contributed by atoms with Gasteiger partial charge in [0.25, 0.3) is 0 Å². The molecule has 16 heavy (non-hydrogen) atoms. The van der Waals surface area contributed by atoms with Crippen molar-refractivity contribution in [2.75, 3.05) is 11.9 Å². The van der Waals surface area contributed by atoms with Crippen LogP contribution in [0, 0.1) is 5.92 Å². The summed E-state index contributed by atoms with van der Waals surface area (Å²) in [6, 6.07) is 5.90. The quantitative estimate of drug-likeness (QED) is 0.749. The number of benzene rings is 1. The summed E-state index contributed by atoms with van der Waals surface area (Å²) in [4.78, 5) is 13.1. The zero-order chi connectivity index (χ0) is 11.7. The van der Waals surface area contributed by atoms with E-state index in [1.54, 1.807) is 0 Å². The molecule has 1 saturated carbocycles. The van der Waals surface area contributed by atoms with Crippen molar-refractivity contribution in [3.63, 3.8) is 0 Å². The predicted molar refractivity (Wildman–Crippen MR) is 67.4 cm³/mol. The maximum Gasteiger partial charge on any atom is 0.152 e. The minimum absolute atomic E-state index is 0.443. The summed E-state index contributed by atoms with van der Waals surface area (Å²) in [6.45, 7) is 2.19. The maximum atomic E-state index is 11.0. The maximum absolute atomic E-state index is 11.0. The molecule has 2 nitrogen and oxygen atoms in total. The van der Waals surface area contributed by atoms with Crippen molar-refractivity contribution < 1.29 is 4.79 Å². The minimum Gasteiger partial charge on any atom is -0.370 e. The summed E-state index contributed by atoms with van der Waals surface area (Å²) in [7, 11) is 2.01. The van der Waals surface area contributed by atoms with E-state index in [4.69, 9.17) is 11.6 Å². The number of hydrogen-bond donors (Lipinski definition) is 0. The van der Waals surface area contributed by atoms with Gasteiger partial charge in [-0.1, -0.05) is 17.7 Å². The van der Waals surface area contributed by atoms with Crippen LogP contribution in [-0.2, 0) is 0 Å². The van der Waals surface area contributed by atoms with Gasteiger partial charge in [0.1, 0.15) is 0 Å². The molecule has 1 unspecified atom stereocenters. The van der Waals surface area contributed by atoms with Gasteiger partial charge in [-0.25, -0.2) is 0 Å². The Labute approximate surface area is 101 Å². The van der Waals surface area contributed by atoms with Crippen molar-refractivity contribution in [2.24, 2.45) is 5.92 Å². The van der Waals surface area contributed by atoms with E-state index < -0.39 is 0 Å². The third-order valence-electron chi connectivity index (χ3n) is 3.41. The van der Waals surface area contributed by atoms with Gasteiger partial charge >= 0.3 is 0 Å². The fraction of sp³-hybridized carbons (Fsp3) is 0.462. The van der Waals surface area contributed by atoms with Crippen molar-refractivity contribution >= 4 is 23.6 Å². The van der Waals surface area contributed by atoms with Gasteiger partial charge in [0.2, 0.25) is 0 Å². The Hall–Kier alpha value is -1.02. The molecule has 0 aromatic heterocycles. The molecule has 1 aromatic carbocycles. The third kappa shape index (κ3) is 2.07. The van der Waals surface area contributed by atoms with Gasteiger partial charge in [-0.05, 0) is 37.8 Å². The minimum atomic E-state index is 0.443. The van der Waals surface area contributed by atoms with E-state index in [0.29, 0.717) is 16.6 Å². The summed E-state index contributed by atoms with van der Waals surface area (Å²) in [5.41, 5.74) is 1.53. The number of anilines is 1. The number of aldehydes is 1. The molecule has 0 radical (unpaired) electrons. The number of nitrogens with zero attached hydrogens (tertiary/aromatic N) is 1. The number of rotatable bonds is 4. The summed E-state index contributed by atoms with van der Waals surface area (Å²) >= 11 is 6.17. The van der Waals surface area contributed by atoms with Crippen LogP contribution in [0.15, 0.2) is 18.2 Å².